The largest absolute Gasteiger partial charge is 0.313 e. The van der Waals surface area contributed by atoms with Crippen LogP contribution in [-0.4, -0.2) is 61.7 Å². The highest BCUT2D eigenvalue weighted by atomic mass is 15.3. The minimum absolute atomic E-state index is 0.751. The molecule has 1 saturated heterocycles. The highest BCUT2D eigenvalue weighted by Crippen LogP contribution is 2.32. The molecule has 3 nitrogen and oxygen atoms in total. The molecular weight excluding hydrogens is 222 g/mol. The smallest absolute Gasteiger partial charge is 0.0110 e. The molecule has 3 rings (SSSR count). The van der Waals surface area contributed by atoms with Crippen LogP contribution in [0.5, 0.6) is 0 Å². The molecule has 1 atom stereocenters. The molecule has 3 aliphatic rings. The van der Waals surface area contributed by atoms with Crippen molar-refractivity contribution >= 4 is 0 Å². The molecule has 1 unspecified atom stereocenters. The molecule has 0 aromatic heterocycles. The normalized spacial score (nSPS) is 28.5. The van der Waals surface area contributed by atoms with E-state index in [2.05, 4.69) is 22.0 Å². The van der Waals surface area contributed by atoms with E-state index in [9.17, 15) is 0 Å². The maximum Gasteiger partial charge on any atom is 0.0110 e. The lowest BCUT2D eigenvalue weighted by Crippen LogP contribution is -2.49. The molecule has 1 aliphatic heterocycles. The van der Waals surface area contributed by atoms with Gasteiger partial charge in [-0.15, -0.1) is 0 Å². The third-order valence-corrected chi connectivity index (χ3v) is 4.90. The van der Waals surface area contributed by atoms with Gasteiger partial charge in [0.2, 0.25) is 0 Å². The van der Waals surface area contributed by atoms with Crippen LogP contribution in [0.15, 0.2) is 0 Å². The van der Waals surface area contributed by atoms with Crippen molar-refractivity contribution in [2.75, 3.05) is 45.8 Å². The molecular formula is C15H29N3. The first-order valence-electron chi connectivity index (χ1n) is 7.99. The summed E-state index contributed by atoms with van der Waals surface area (Å²) in [4.78, 5) is 5.31. The molecule has 18 heavy (non-hydrogen) atoms. The van der Waals surface area contributed by atoms with Gasteiger partial charge in [0, 0.05) is 51.9 Å². The monoisotopic (exact) mass is 251 g/mol. The third-order valence-electron chi connectivity index (χ3n) is 4.90. The fourth-order valence-corrected chi connectivity index (χ4v) is 3.07. The van der Waals surface area contributed by atoms with Gasteiger partial charge < -0.3 is 10.2 Å². The van der Waals surface area contributed by atoms with Gasteiger partial charge in [-0.2, -0.15) is 0 Å². The predicted octanol–water partition coefficient (Wildman–Crippen LogP) is 1.40. The van der Waals surface area contributed by atoms with Crippen LogP contribution in [0, 0.1) is 11.8 Å². The molecule has 1 heterocycles. The number of hydrogen-bond acceptors (Lipinski definition) is 3. The van der Waals surface area contributed by atoms with Crippen LogP contribution >= 0.6 is 0 Å². The molecule has 1 N–H and O–H groups in total. The van der Waals surface area contributed by atoms with Gasteiger partial charge in [-0.3, -0.25) is 4.90 Å². The Morgan fingerprint density at radius 3 is 2.28 bits per heavy atom. The average molecular weight is 251 g/mol. The van der Waals surface area contributed by atoms with Gasteiger partial charge in [-0.05, 0) is 44.4 Å². The zero-order valence-corrected chi connectivity index (χ0v) is 11.9. The summed E-state index contributed by atoms with van der Waals surface area (Å²) in [5.41, 5.74) is 0. The fourth-order valence-electron chi connectivity index (χ4n) is 3.07. The SMILES string of the molecule is CC(NCCN1CCN(CC2CC2)CC1)C1CC1. The van der Waals surface area contributed by atoms with Crippen molar-refractivity contribution in [1.29, 1.82) is 0 Å². The standard InChI is InChI=1S/C15H29N3/c1-13(15-4-5-15)16-6-7-17-8-10-18(11-9-17)12-14-2-3-14/h13-16H,2-12H2,1H3. The number of nitrogens with one attached hydrogen (secondary N) is 1. The maximum absolute atomic E-state index is 3.69. The summed E-state index contributed by atoms with van der Waals surface area (Å²) >= 11 is 0. The van der Waals surface area contributed by atoms with Crippen LogP contribution in [0.1, 0.15) is 32.6 Å². The number of nitrogens with zero attached hydrogens (tertiary/aromatic N) is 2. The van der Waals surface area contributed by atoms with Crippen molar-refractivity contribution in [3.63, 3.8) is 0 Å². The Morgan fingerprint density at radius 2 is 1.67 bits per heavy atom. The van der Waals surface area contributed by atoms with E-state index in [1.54, 1.807) is 0 Å². The van der Waals surface area contributed by atoms with Gasteiger partial charge in [0.25, 0.3) is 0 Å². The molecule has 0 bridgehead atoms. The topological polar surface area (TPSA) is 18.5 Å². The van der Waals surface area contributed by atoms with Crippen molar-refractivity contribution in [2.24, 2.45) is 11.8 Å². The van der Waals surface area contributed by atoms with Crippen LogP contribution < -0.4 is 5.32 Å². The lowest BCUT2D eigenvalue weighted by molar-refractivity contribution is 0.128. The highest BCUT2D eigenvalue weighted by Gasteiger charge is 2.28. The van der Waals surface area contributed by atoms with Crippen molar-refractivity contribution in [2.45, 2.75) is 38.6 Å². The Bertz CT molecular complexity index is 252. The molecule has 0 spiro atoms. The minimum Gasteiger partial charge on any atom is -0.313 e. The number of piperazine rings is 1. The average Bonchev–Trinajstić information content (AvgIpc) is 3.25. The van der Waals surface area contributed by atoms with E-state index in [0.717, 1.165) is 17.9 Å². The summed E-state index contributed by atoms with van der Waals surface area (Å²) in [5.74, 6) is 2.04. The second-order valence-corrected chi connectivity index (χ2v) is 6.67. The van der Waals surface area contributed by atoms with E-state index in [-0.39, 0.29) is 0 Å². The second kappa shape index (κ2) is 5.89. The van der Waals surface area contributed by atoms with Crippen molar-refractivity contribution in [3.05, 3.63) is 0 Å². The molecule has 0 amide bonds. The Kier molecular flexibility index (Phi) is 4.22. The van der Waals surface area contributed by atoms with Crippen LogP contribution in [0.4, 0.5) is 0 Å². The lowest BCUT2D eigenvalue weighted by atomic mass is 10.2. The minimum atomic E-state index is 0.751. The summed E-state index contributed by atoms with van der Waals surface area (Å²) in [6.07, 6.45) is 5.88. The summed E-state index contributed by atoms with van der Waals surface area (Å²) in [6.45, 7) is 11.3. The Labute approximate surface area is 112 Å². The molecule has 3 heteroatoms. The molecule has 0 aromatic carbocycles. The van der Waals surface area contributed by atoms with Gasteiger partial charge in [-0.25, -0.2) is 0 Å². The van der Waals surface area contributed by atoms with Gasteiger partial charge in [0.05, 0.1) is 0 Å². The van der Waals surface area contributed by atoms with E-state index >= 15 is 0 Å². The zero-order chi connectivity index (χ0) is 12.4. The summed E-state index contributed by atoms with van der Waals surface area (Å²) in [7, 11) is 0. The fraction of sp³-hybridized carbons (Fsp3) is 1.00. The zero-order valence-electron chi connectivity index (χ0n) is 11.9. The first-order chi connectivity index (χ1) is 8.81. The van der Waals surface area contributed by atoms with E-state index in [1.807, 2.05) is 0 Å². The third kappa shape index (κ3) is 3.94. The van der Waals surface area contributed by atoms with Gasteiger partial charge in [0.1, 0.15) is 0 Å². The molecule has 2 saturated carbocycles. The highest BCUT2D eigenvalue weighted by molar-refractivity contribution is 4.84. The molecule has 104 valence electrons. The van der Waals surface area contributed by atoms with Crippen molar-refractivity contribution in [1.82, 2.24) is 15.1 Å². The van der Waals surface area contributed by atoms with E-state index in [1.165, 1.54) is 71.5 Å². The van der Waals surface area contributed by atoms with Gasteiger partial charge in [-0.1, -0.05) is 0 Å². The molecule has 0 radical (unpaired) electrons. The van der Waals surface area contributed by atoms with Crippen LogP contribution in [-0.2, 0) is 0 Å². The first-order valence-corrected chi connectivity index (χ1v) is 7.99. The quantitative estimate of drug-likeness (QED) is 0.738. The second-order valence-electron chi connectivity index (χ2n) is 6.67. The van der Waals surface area contributed by atoms with Crippen LogP contribution in [0.2, 0.25) is 0 Å². The summed E-state index contributed by atoms with van der Waals surface area (Å²) < 4.78 is 0. The van der Waals surface area contributed by atoms with E-state index in [0.29, 0.717) is 0 Å². The van der Waals surface area contributed by atoms with Gasteiger partial charge in [0.15, 0.2) is 0 Å². The maximum atomic E-state index is 3.69. The summed E-state index contributed by atoms with van der Waals surface area (Å²) in [5, 5.41) is 3.69. The van der Waals surface area contributed by atoms with E-state index < -0.39 is 0 Å². The number of rotatable bonds is 7. The molecule has 3 fully saturated rings. The Hall–Kier alpha value is -0.120. The summed E-state index contributed by atoms with van der Waals surface area (Å²) in [6, 6.07) is 0.751. The van der Waals surface area contributed by atoms with Gasteiger partial charge >= 0.3 is 0 Å². The van der Waals surface area contributed by atoms with E-state index in [4.69, 9.17) is 0 Å². The number of hydrogen-bond donors (Lipinski definition) is 1. The predicted molar refractivity (Wildman–Crippen MR) is 75.8 cm³/mol. The Morgan fingerprint density at radius 1 is 1.00 bits per heavy atom. The molecule has 2 aliphatic carbocycles. The first kappa shape index (κ1) is 12.9. The lowest BCUT2D eigenvalue weighted by Gasteiger charge is -2.35. The van der Waals surface area contributed by atoms with Crippen molar-refractivity contribution in [3.8, 4) is 0 Å². The van der Waals surface area contributed by atoms with Crippen molar-refractivity contribution < 1.29 is 0 Å². The van der Waals surface area contributed by atoms with Crippen LogP contribution in [0.3, 0.4) is 0 Å². The van der Waals surface area contributed by atoms with Crippen LogP contribution in [0.25, 0.3) is 0 Å². The molecule has 0 aromatic rings. The Balaban J connectivity index is 1.25.